The van der Waals surface area contributed by atoms with Crippen molar-refractivity contribution < 1.29 is 18.7 Å². The van der Waals surface area contributed by atoms with Gasteiger partial charge in [-0.05, 0) is 31.2 Å². The van der Waals surface area contributed by atoms with Crippen LogP contribution in [0.1, 0.15) is 12.5 Å². The highest BCUT2D eigenvalue weighted by atomic mass is 16.5. The monoisotopic (exact) mass is 274 g/mol. The molecule has 20 heavy (non-hydrogen) atoms. The van der Waals surface area contributed by atoms with Crippen molar-refractivity contribution in [3.8, 4) is 5.75 Å². The van der Waals surface area contributed by atoms with E-state index < -0.39 is 11.6 Å². The number of hydrogen-bond donors (Lipinski definition) is 0. The number of esters is 1. The molecule has 2 rings (SSSR count). The molecule has 1 aromatic heterocycles. The van der Waals surface area contributed by atoms with Crippen LogP contribution in [0.4, 0.5) is 0 Å². The minimum Gasteiger partial charge on any atom is -0.497 e. The van der Waals surface area contributed by atoms with Gasteiger partial charge in [0.25, 0.3) is 0 Å². The predicted molar refractivity (Wildman–Crippen MR) is 74.7 cm³/mol. The summed E-state index contributed by atoms with van der Waals surface area (Å²) in [6, 6.07) is 6.83. The van der Waals surface area contributed by atoms with E-state index in [9.17, 15) is 9.59 Å². The van der Waals surface area contributed by atoms with Crippen LogP contribution in [0.15, 0.2) is 39.6 Å². The molecule has 5 heteroatoms. The van der Waals surface area contributed by atoms with E-state index in [0.717, 1.165) is 5.39 Å². The molecule has 0 bridgehead atoms. The van der Waals surface area contributed by atoms with E-state index in [2.05, 4.69) is 0 Å². The molecule has 1 heterocycles. The first-order chi connectivity index (χ1) is 9.63. The molecule has 0 atom stereocenters. The maximum atomic E-state index is 11.8. The lowest BCUT2D eigenvalue weighted by Gasteiger charge is -2.02. The van der Waals surface area contributed by atoms with E-state index >= 15 is 0 Å². The van der Waals surface area contributed by atoms with Gasteiger partial charge in [-0.15, -0.1) is 0 Å². The molecular weight excluding hydrogens is 260 g/mol. The van der Waals surface area contributed by atoms with Crippen molar-refractivity contribution in [2.45, 2.75) is 6.92 Å². The first-order valence-corrected chi connectivity index (χ1v) is 6.10. The van der Waals surface area contributed by atoms with Gasteiger partial charge < -0.3 is 13.9 Å². The average molecular weight is 274 g/mol. The van der Waals surface area contributed by atoms with Crippen molar-refractivity contribution in [1.82, 2.24) is 0 Å². The van der Waals surface area contributed by atoms with Crippen molar-refractivity contribution in [3.05, 3.63) is 46.3 Å². The van der Waals surface area contributed by atoms with Gasteiger partial charge in [-0.2, -0.15) is 0 Å². The van der Waals surface area contributed by atoms with Gasteiger partial charge in [-0.3, -0.25) is 0 Å². The van der Waals surface area contributed by atoms with Crippen LogP contribution >= 0.6 is 0 Å². The second kappa shape index (κ2) is 6.06. The van der Waals surface area contributed by atoms with Crippen LogP contribution in [-0.4, -0.2) is 19.7 Å². The summed E-state index contributed by atoms with van der Waals surface area (Å²) in [6.45, 7) is 2.00. The van der Waals surface area contributed by atoms with Crippen molar-refractivity contribution in [3.63, 3.8) is 0 Å². The molecule has 0 aliphatic rings. The molecule has 0 aliphatic heterocycles. The maximum absolute atomic E-state index is 11.8. The Morgan fingerprint density at radius 3 is 2.85 bits per heavy atom. The Hall–Kier alpha value is -2.56. The van der Waals surface area contributed by atoms with Crippen molar-refractivity contribution >= 4 is 23.0 Å². The van der Waals surface area contributed by atoms with Crippen LogP contribution in [0, 0.1) is 0 Å². The summed E-state index contributed by atoms with van der Waals surface area (Å²) in [4.78, 5) is 23.0. The lowest BCUT2D eigenvalue weighted by atomic mass is 10.1. The summed E-state index contributed by atoms with van der Waals surface area (Å²) in [5, 5.41) is 0.744. The number of methoxy groups -OCH3 is 1. The molecule has 0 unspecified atom stereocenters. The lowest BCUT2D eigenvalue weighted by molar-refractivity contribution is -0.137. The number of hydrogen-bond acceptors (Lipinski definition) is 5. The first-order valence-electron chi connectivity index (χ1n) is 6.10. The average Bonchev–Trinajstić information content (AvgIpc) is 2.44. The van der Waals surface area contributed by atoms with Gasteiger partial charge in [0.15, 0.2) is 0 Å². The zero-order valence-corrected chi connectivity index (χ0v) is 11.2. The predicted octanol–water partition coefficient (Wildman–Crippen LogP) is 2.38. The number of carbonyl (C=O) groups excluding carboxylic acids is 1. The van der Waals surface area contributed by atoms with Crippen LogP contribution in [0.25, 0.3) is 17.0 Å². The number of rotatable bonds is 4. The minimum absolute atomic E-state index is 0.287. The third-order valence-corrected chi connectivity index (χ3v) is 2.66. The quantitative estimate of drug-likeness (QED) is 0.486. The van der Waals surface area contributed by atoms with Gasteiger partial charge in [0, 0.05) is 17.5 Å². The second-order valence-corrected chi connectivity index (χ2v) is 3.98. The Balaban J connectivity index is 2.38. The SMILES string of the molecule is CCOC(=O)/C=C/c1cc2ccc(OC)cc2oc1=O. The van der Waals surface area contributed by atoms with Crippen LogP contribution in [-0.2, 0) is 9.53 Å². The molecule has 0 amide bonds. The molecule has 0 saturated heterocycles. The summed E-state index contributed by atoms with van der Waals surface area (Å²) in [6.07, 6.45) is 2.58. The summed E-state index contributed by atoms with van der Waals surface area (Å²) >= 11 is 0. The van der Waals surface area contributed by atoms with Crippen molar-refractivity contribution in [2.24, 2.45) is 0 Å². The fourth-order valence-electron chi connectivity index (χ4n) is 1.70. The topological polar surface area (TPSA) is 65.7 Å². The molecular formula is C15H14O5. The van der Waals surface area contributed by atoms with E-state index in [4.69, 9.17) is 13.9 Å². The number of benzene rings is 1. The molecule has 0 fully saturated rings. The maximum Gasteiger partial charge on any atom is 0.343 e. The van der Waals surface area contributed by atoms with E-state index in [-0.39, 0.29) is 12.2 Å². The standard InChI is InChI=1S/C15H14O5/c1-3-19-14(16)7-5-11-8-10-4-6-12(18-2)9-13(10)20-15(11)17/h4-9H,3H2,1-2H3/b7-5+. The first kappa shape index (κ1) is 13.9. The third kappa shape index (κ3) is 3.06. The highest BCUT2D eigenvalue weighted by Crippen LogP contribution is 2.20. The smallest absolute Gasteiger partial charge is 0.343 e. The molecule has 0 radical (unpaired) electrons. The van der Waals surface area contributed by atoms with E-state index in [1.54, 1.807) is 31.2 Å². The largest absolute Gasteiger partial charge is 0.497 e. The van der Waals surface area contributed by atoms with Gasteiger partial charge in [-0.25, -0.2) is 9.59 Å². The van der Waals surface area contributed by atoms with Crippen molar-refractivity contribution in [2.75, 3.05) is 13.7 Å². The van der Waals surface area contributed by atoms with Gasteiger partial charge in [0.1, 0.15) is 11.3 Å². The number of carbonyl (C=O) groups is 1. The normalized spacial score (nSPS) is 10.9. The Kier molecular flexibility index (Phi) is 4.20. The Bertz CT molecular complexity index is 712. The Morgan fingerprint density at radius 1 is 1.35 bits per heavy atom. The summed E-state index contributed by atoms with van der Waals surface area (Å²) in [5.41, 5.74) is 0.199. The van der Waals surface area contributed by atoms with Gasteiger partial charge in [0.05, 0.1) is 19.3 Å². The Morgan fingerprint density at radius 2 is 2.15 bits per heavy atom. The van der Waals surface area contributed by atoms with Crippen LogP contribution < -0.4 is 10.4 Å². The van der Waals surface area contributed by atoms with E-state index in [1.807, 2.05) is 0 Å². The molecule has 104 valence electrons. The zero-order chi connectivity index (χ0) is 14.5. The lowest BCUT2D eigenvalue weighted by Crippen LogP contribution is -2.04. The van der Waals surface area contributed by atoms with E-state index in [0.29, 0.717) is 11.3 Å². The van der Waals surface area contributed by atoms with Crippen LogP contribution in [0.3, 0.4) is 0 Å². The fourth-order valence-corrected chi connectivity index (χ4v) is 1.70. The molecule has 0 spiro atoms. The molecule has 0 saturated carbocycles. The molecule has 1 aromatic carbocycles. The third-order valence-electron chi connectivity index (χ3n) is 2.66. The molecule has 5 nitrogen and oxygen atoms in total. The summed E-state index contributed by atoms with van der Waals surface area (Å²) in [7, 11) is 1.54. The summed E-state index contributed by atoms with van der Waals surface area (Å²) in [5.74, 6) is 0.109. The molecule has 0 N–H and O–H groups in total. The van der Waals surface area contributed by atoms with Gasteiger partial charge in [-0.1, -0.05) is 0 Å². The number of fused-ring (bicyclic) bond motifs is 1. The highest BCUT2D eigenvalue weighted by Gasteiger charge is 2.05. The number of ether oxygens (including phenoxy) is 2. The minimum atomic E-state index is -0.522. The highest BCUT2D eigenvalue weighted by molar-refractivity contribution is 5.88. The Labute approximate surface area is 115 Å². The fraction of sp³-hybridized carbons (Fsp3) is 0.200. The van der Waals surface area contributed by atoms with Crippen molar-refractivity contribution in [1.29, 1.82) is 0 Å². The van der Waals surface area contributed by atoms with Crippen LogP contribution in [0.5, 0.6) is 5.75 Å². The zero-order valence-electron chi connectivity index (χ0n) is 11.2. The van der Waals surface area contributed by atoms with Gasteiger partial charge >= 0.3 is 11.6 Å². The van der Waals surface area contributed by atoms with Gasteiger partial charge in [0.2, 0.25) is 0 Å². The van der Waals surface area contributed by atoms with E-state index in [1.165, 1.54) is 19.3 Å². The van der Waals surface area contributed by atoms with Crippen LogP contribution in [0.2, 0.25) is 0 Å². The molecule has 0 aliphatic carbocycles. The second-order valence-electron chi connectivity index (χ2n) is 3.98. The summed E-state index contributed by atoms with van der Waals surface area (Å²) < 4.78 is 15.0. The molecule has 2 aromatic rings.